The van der Waals surface area contributed by atoms with Gasteiger partial charge in [0, 0.05) is 20.1 Å². The van der Waals surface area contributed by atoms with Gasteiger partial charge in [0.1, 0.15) is 21.4 Å². The van der Waals surface area contributed by atoms with Gasteiger partial charge in [-0.3, -0.25) is 9.48 Å². The van der Waals surface area contributed by atoms with Crippen molar-refractivity contribution in [2.75, 3.05) is 11.9 Å². The third kappa shape index (κ3) is 6.20. The normalized spacial score (nSPS) is 14.5. The van der Waals surface area contributed by atoms with E-state index in [1.165, 1.54) is 22.5 Å². The summed E-state index contributed by atoms with van der Waals surface area (Å²) in [6.45, 7) is -0.176. The second kappa shape index (κ2) is 11.5. The molecule has 0 aliphatic carbocycles. The van der Waals surface area contributed by atoms with Crippen molar-refractivity contribution < 1.29 is 43.9 Å². The summed E-state index contributed by atoms with van der Waals surface area (Å²) >= 11 is 7.07. The molecule has 44 heavy (non-hydrogen) atoms. The molecule has 0 radical (unpaired) electrons. The Labute approximate surface area is 254 Å². The van der Waals surface area contributed by atoms with Crippen LogP contribution in [0.4, 0.5) is 36.4 Å². The van der Waals surface area contributed by atoms with E-state index < -0.39 is 57.3 Å². The Morgan fingerprint density at radius 2 is 1.80 bits per heavy atom. The van der Waals surface area contributed by atoms with Gasteiger partial charge in [0.2, 0.25) is 5.91 Å². The number of aromatic nitrogens is 2. The molecule has 2 aromatic carbocycles. The number of nitrogens with one attached hydrogen (secondary N) is 1. The van der Waals surface area contributed by atoms with Crippen LogP contribution in [0.15, 0.2) is 52.7 Å². The van der Waals surface area contributed by atoms with Crippen LogP contribution in [0.2, 0.25) is 5.02 Å². The summed E-state index contributed by atoms with van der Waals surface area (Å²) < 4.78 is 122. The number of sulfonamides is 1. The van der Waals surface area contributed by atoms with Gasteiger partial charge in [-0.15, -0.1) is 11.3 Å². The number of rotatable bonds is 6. The second-order valence-corrected chi connectivity index (χ2v) is 13.5. The van der Waals surface area contributed by atoms with Gasteiger partial charge in [0.25, 0.3) is 10.0 Å². The Morgan fingerprint density at radius 1 is 1.07 bits per heavy atom. The molecule has 4 aromatic rings. The van der Waals surface area contributed by atoms with Crippen LogP contribution in [0.1, 0.15) is 27.9 Å². The van der Waals surface area contributed by atoms with Crippen LogP contribution < -0.4 is 5.32 Å². The maximum atomic E-state index is 14.4. The molecule has 0 unspecified atom stereocenters. The van der Waals surface area contributed by atoms with Crippen molar-refractivity contribution in [2.45, 2.75) is 35.9 Å². The van der Waals surface area contributed by atoms with Crippen molar-refractivity contribution in [2.24, 2.45) is 7.05 Å². The van der Waals surface area contributed by atoms with E-state index in [1.54, 1.807) is 6.07 Å². The summed E-state index contributed by atoms with van der Waals surface area (Å²) in [6.07, 6.45) is -10.2. The Morgan fingerprint density at radius 3 is 2.45 bits per heavy atom. The number of nitrogens with zero attached hydrogens (tertiary/aromatic N) is 3. The Balaban J connectivity index is 1.34. The Hall–Kier alpha value is -3.47. The number of benzene rings is 2. The van der Waals surface area contributed by atoms with Crippen molar-refractivity contribution in [3.8, 4) is 10.6 Å². The monoisotopic (exact) mass is 680 g/mol. The lowest BCUT2D eigenvalue weighted by Gasteiger charge is -2.29. The van der Waals surface area contributed by atoms with Crippen molar-refractivity contribution in [1.29, 1.82) is 0 Å². The van der Waals surface area contributed by atoms with Crippen LogP contribution in [0.5, 0.6) is 0 Å². The van der Waals surface area contributed by atoms with Crippen molar-refractivity contribution >= 4 is 44.6 Å². The van der Waals surface area contributed by atoms with E-state index in [0.29, 0.717) is 21.9 Å². The summed E-state index contributed by atoms with van der Waals surface area (Å²) in [5.41, 5.74) is -1.86. The number of fused-ring (bicyclic) bond motifs is 1. The highest BCUT2D eigenvalue weighted by Crippen LogP contribution is 2.39. The number of hydrogen-bond acceptors (Lipinski definition) is 5. The summed E-state index contributed by atoms with van der Waals surface area (Å²) in [6, 6.07) is 9.10. The minimum atomic E-state index is -4.94. The number of anilines is 1. The third-order valence-corrected chi connectivity index (χ3v) is 10.6. The zero-order valence-corrected chi connectivity index (χ0v) is 24.7. The first-order valence-corrected chi connectivity index (χ1v) is 15.3. The van der Waals surface area contributed by atoms with Gasteiger partial charge in [-0.05, 0) is 53.4 Å². The van der Waals surface area contributed by atoms with Crippen LogP contribution in [-0.4, -0.2) is 35.0 Å². The van der Waals surface area contributed by atoms with E-state index in [-0.39, 0.29) is 45.0 Å². The van der Waals surface area contributed by atoms with Gasteiger partial charge in [-0.1, -0.05) is 29.8 Å². The van der Waals surface area contributed by atoms with Crippen LogP contribution in [0, 0.1) is 5.82 Å². The molecule has 1 aliphatic heterocycles. The Bertz CT molecular complexity index is 1870. The van der Waals surface area contributed by atoms with E-state index in [0.717, 1.165) is 36.6 Å². The molecule has 0 bridgehead atoms. The smallest absolute Gasteiger partial charge is 0.324 e. The van der Waals surface area contributed by atoms with Crippen LogP contribution in [0.25, 0.3) is 10.6 Å². The zero-order valence-electron chi connectivity index (χ0n) is 22.4. The lowest BCUT2D eigenvalue weighted by molar-refractivity contribution is -0.143. The van der Waals surface area contributed by atoms with Gasteiger partial charge >= 0.3 is 12.4 Å². The molecular weight excluding hydrogens is 661 g/mol. The number of hydrogen-bond donors (Lipinski definition) is 1. The molecule has 0 saturated carbocycles. The van der Waals surface area contributed by atoms with Crippen LogP contribution in [0.3, 0.4) is 0 Å². The molecule has 1 N–H and O–H groups in total. The zero-order chi connectivity index (χ0) is 32.2. The number of halogens is 8. The fourth-order valence-electron chi connectivity index (χ4n) is 4.81. The molecule has 1 aliphatic rings. The molecule has 1 amide bonds. The highest BCUT2D eigenvalue weighted by atomic mass is 35.5. The van der Waals surface area contributed by atoms with Crippen LogP contribution >= 0.6 is 22.9 Å². The molecule has 0 saturated heterocycles. The second-order valence-electron chi connectivity index (χ2n) is 9.80. The molecule has 0 fully saturated rings. The molecular formula is C27H20ClF7N4O3S2. The molecule has 234 valence electrons. The molecule has 17 heteroatoms. The SMILES string of the molecule is Cn1nc(-c2ccc(S(=O)(=O)N3CCc4c(ccc(Cl)c4NC(=O)Cc4cccc(C(F)(F)F)c4F)C3)s2)cc1C(F)(F)F. The van der Waals surface area contributed by atoms with E-state index >= 15 is 0 Å². The number of aryl methyl sites for hydroxylation is 1. The quantitative estimate of drug-likeness (QED) is 0.225. The van der Waals surface area contributed by atoms with E-state index in [1.807, 2.05) is 0 Å². The number of thiophene rings is 1. The standard InChI is InChI=1S/C27H20ClF7N4O3S2/c1-38-21(27(33,34)35)12-19(37-38)20-7-8-23(43-20)44(41,42)39-10-9-16-15(13-39)5-6-18(28)25(16)36-22(40)11-14-3-2-4-17(24(14)29)26(30,31)32/h2-8,12H,9-11,13H2,1H3,(H,36,40). The summed E-state index contributed by atoms with van der Waals surface area (Å²) in [4.78, 5) is 13.0. The Kier molecular flexibility index (Phi) is 8.33. The first-order chi connectivity index (χ1) is 20.5. The number of carbonyl (C=O) groups excluding carboxylic acids is 1. The number of alkyl halides is 6. The van der Waals surface area contributed by atoms with Crippen molar-refractivity contribution in [3.05, 3.63) is 87.3 Å². The first-order valence-electron chi connectivity index (χ1n) is 12.6. The van der Waals surface area contributed by atoms with Crippen LogP contribution in [-0.2, 0) is 53.6 Å². The molecule has 0 atom stereocenters. The average molecular weight is 681 g/mol. The minimum Gasteiger partial charge on any atom is -0.324 e. The summed E-state index contributed by atoms with van der Waals surface area (Å²) in [7, 11) is -2.96. The molecule has 0 spiro atoms. The van der Waals surface area contributed by atoms with Crippen molar-refractivity contribution in [1.82, 2.24) is 14.1 Å². The highest BCUT2D eigenvalue weighted by Gasteiger charge is 2.37. The number of carbonyl (C=O) groups is 1. The lowest BCUT2D eigenvalue weighted by atomic mass is 9.98. The van der Waals surface area contributed by atoms with Gasteiger partial charge in [-0.2, -0.15) is 35.7 Å². The van der Waals surface area contributed by atoms with Gasteiger partial charge in [0.05, 0.1) is 27.6 Å². The van der Waals surface area contributed by atoms with Gasteiger partial charge in [-0.25, -0.2) is 12.8 Å². The summed E-state index contributed by atoms with van der Waals surface area (Å²) in [5, 5.41) is 6.47. The largest absolute Gasteiger partial charge is 0.433 e. The predicted octanol–water partition coefficient (Wildman–Crippen LogP) is 6.91. The van der Waals surface area contributed by atoms with Gasteiger partial charge in [0.15, 0.2) is 0 Å². The predicted molar refractivity (Wildman–Crippen MR) is 148 cm³/mol. The summed E-state index contributed by atoms with van der Waals surface area (Å²) in [5.74, 6) is -2.39. The van der Waals surface area contributed by atoms with Gasteiger partial charge < -0.3 is 5.32 Å². The fourth-order valence-corrected chi connectivity index (χ4v) is 7.87. The van der Waals surface area contributed by atoms with E-state index in [2.05, 4.69) is 10.4 Å². The minimum absolute atomic E-state index is 0.0321. The average Bonchev–Trinajstić information content (AvgIpc) is 3.58. The van der Waals surface area contributed by atoms with E-state index in [4.69, 9.17) is 11.6 Å². The molecule has 5 rings (SSSR count). The third-order valence-electron chi connectivity index (χ3n) is 6.91. The van der Waals surface area contributed by atoms with E-state index in [9.17, 15) is 43.9 Å². The first kappa shape index (κ1) is 31.9. The number of amides is 1. The maximum Gasteiger partial charge on any atom is 0.433 e. The fraction of sp³-hybridized carbons (Fsp3) is 0.259. The maximum absolute atomic E-state index is 14.4. The molecule has 7 nitrogen and oxygen atoms in total. The van der Waals surface area contributed by atoms with Crippen molar-refractivity contribution in [3.63, 3.8) is 0 Å². The highest BCUT2D eigenvalue weighted by molar-refractivity contribution is 7.91. The topological polar surface area (TPSA) is 84.3 Å². The molecule has 2 aromatic heterocycles. The lowest BCUT2D eigenvalue weighted by Crippen LogP contribution is -2.36. The molecule has 3 heterocycles.